The Morgan fingerprint density at radius 3 is 2.70 bits per heavy atom. The average molecular weight is 275 g/mol. The third-order valence-corrected chi connectivity index (χ3v) is 4.68. The molecular formula is C14H21N5O. The van der Waals surface area contributed by atoms with Crippen LogP contribution < -0.4 is 5.32 Å². The molecule has 1 aliphatic heterocycles. The van der Waals surface area contributed by atoms with Crippen molar-refractivity contribution < 1.29 is 4.79 Å². The lowest BCUT2D eigenvalue weighted by Crippen LogP contribution is -2.40. The summed E-state index contributed by atoms with van der Waals surface area (Å²) in [6.45, 7) is 4.30. The molecule has 2 saturated carbocycles. The first-order valence-corrected chi connectivity index (χ1v) is 7.67. The Bertz CT molecular complexity index is 519. The van der Waals surface area contributed by atoms with Crippen LogP contribution in [0.5, 0.6) is 0 Å². The number of nitrogens with one attached hydrogen (secondary N) is 1. The zero-order chi connectivity index (χ0) is 13.7. The van der Waals surface area contributed by atoms with Crippen molar-refractivity contribution in [1.29, 1.82) is 0 Å². The van der Waals surface area contributed by atoms with Crippen LogP contribution in [0.2, 0.25) is 0 Å². The molecule has 0 aromatic carbocycles. The van der Waals surface area contributed by atoms with Gasteiger partial charge in [0.1, 0.15) is 0 Å². The maximum Gasteiger partial charge on any atom is 0.273 e. The van der Waals surface area contributed by atoms with Crippen LogP contribution in [0.3, 0.4) is 0 Å². The van der Waals surface area contributed by atoms with Gasteiger partial charge < -0.3 is 5.32 Å². The second kappa shape index (κ2) is 4.55. The molecule has 20 heavy (non-hydrogen) atoms. The fourth-order valence-electron chi connectivity index (χ4n) is 3.07. The molecule has 6 nitrogen and oxygen atoms in total. The monoisotopic (exact) mass is 275 g/mol. The van der Waals surface area contributed by atoms with Gasteiger partial charge in [-0.05, 0) is 31.6 Å². The van der Waals surface area contributed by atoms with E-state index in [1.54, 1.807) is 6.20 Å². The standard InChI is InChI=1S/C14H21N5O/c1-9-6-18(10-2-3-10)7-12(9)15-14(20)13-8-19(17-16-13)11-4-5-11/h8-12H,2-7H2,1H3,(H,15,20)/t9-,12+/m0/s1. The Morgan fingerprint density at radius 2 is 2.00 bits per heavy atom. The Morgan fingerprint density at radius 1 is 1.25 bits per heavy atom. The second-order valence-electron chi connectivity index (χ2n) is 6.56. The van der Waals surface area contributed by atoms with Gasteiger partial charge in [-0.1, -0.05) is 12.1 Å². The van der Waals surface area contributed by atoms with E-state index in [1.165, 1.54) is 12.8 Å². The third kappa shape index (κ3) is 2.32. The molecular weight excluding hydrogens is 254 g/mol. The number of amides is 1. The van der Waals surface area contributed by atoms with Crippen LogP contribution in [0.15, 0.2) is 6.20 Å². The summed E-state index contributed by atoms with van der Waals surface area (Å²) in [5.74, 6) is 0.435. The highest BCUT2D eigenvalue weighted by molar-refractivity contribution is 5.92. The number of nitrogens with zero attached hydrogens (tertiary/aromatic N) is 4. The van der Waals surface area contributed by atoms with Gasteiger partial charge in [0.25, 0.3) is 5.91 Å². The molecule has 3 fully saturated rings. The summed E-state index contributed by atoms with van der Waals surface area (Å²) >= 11 is 0. The zero-order valence-corrected chi connectivity index (χ0v) is 11.8. The maximum absolute atomic E-state index is 12.2. The van der Waals surface area contributed by atoms with E-state index in [2.05, 4.69) is 27.5 Å². The van der Waals surface area contributed by atoms with Crippen LogP contribution in [0.1, 0.15) is 49.1 Å². The zero-order valence-electron chi connectivity index (χ0n) is 11.8. The number of aromatic nitrogens is 3. The summed E-state index contributed by atoms with van der Waals surface area (Å²) < 4.78 is 1.82. The minimum absolute atomic E-state index is 0.0774. The van der Waals surface area contributed by atoms with Gasteiger partial charge in [-0.2, -0.15) is 0 Å². The summed E-state index contributed by atoms with van der Waals surface area (Å²) in [5, 5.41) is 11.2. The molecule has 0 radical (unpaired) electrons. The highest BCUT2D eigenvalue weighted by Crippen LogP contribution is 2.34. The van der Waals surface area contributed by atoms with Crippen LogP contribution >= 0.6 is 0 Å². The van der Waals surface area contributed by atoms with Crippen LogP contribution in [0.25, 0.3) is 0 Å². The SMILES string of the molecule is C[C@H]1CN(C2CC2)C[C@H]1NC(=O)c1cn(C2CC2)nn1. The van der Waals surface area contributed by atoms with Crippen LogP contribution in [0.4, 0.5) is 0 Å². The Hall–Kier alpha value is -1.43. The summed E-state index contributed by atoms with van der Waals surface area (Å²) in [6.07, 6.45) is 6.73. The van der Waals surface area contributed by atoms with Gasteiger partial charge >= 0.3 is 0 Å². The molecule has 108 valence electrons. The van der Waals surface area contributed by atoms with Crippen molar-refractivity contribution in [2.75, 3.05) is 13.1 Å². The van der Waals surface area contributed by atoms with Gasteiger partial charge in [-0.15, -0.1) is 5.10 Å². The van der Waals surface area contributed by atoms with E-state index >= 15 is 0 Å². The fraction of sp³-hybridized carbons (Fsp3) is 0.786. The highest BCUT2D eigenvalue weighted by atomic mass is 16.2. The lowest BCUT2D eigenvalue weighted by molar-refractivity contribution is 0.0926. The van der Waals surface area contributed by atoms with E-state index in [0.717, 1.165) is 32.0 Å². The quantitative estimate of drug-likeness (QED) is 0.884. The maximum atomic E-state index is 12.2. The lowest BCUT2D eigenvalue weighted by Gasteiger charge is -2.16. The first kappa shape index (κ1) is 12.3. The topological polar surface area (TPSA) is 63.1 Å². The minimum atomic E-state index is -0.0774. The van der Waals surface area contributed by atoms with Crippen LogP contribution in [-0.2, 0) is 0 Å². The summed E-state index contributed by atoms with van der Waals surface area (Å²) in [4.78, 5) is 14.8. The average Bonchev–Trinajstić information content (AvgIpc) is 3.36. The van der Waals surface area contributed by atoms with Crippen LogP contribution in [0, 0.1) is 5.92 Å². The Labute approximate surface area is 118 Å². The number of hydrogen-bond donors (Lipinski definition) is 1. The molecule has 1 aromatic heterocycles. The molecule has 6 heteroatoms. The van der Waals surface area contributed by atoms with Gasteiger partial charge in [0.05, 0.1) is 12.2 Å². The van der Waals surface area contributed by atoms with Crippen molar-refractivity contribution in [3.8, 4) is 0 Å². The van der Waals surface area contributed by atoms with Gasteiger partial charge in [-0.25, -0.2) is 4.68 Å². The third-order valence-electron chi connectivity index (χ3n) is 4.68. The van der Waals surface area contributed by atoms with E-state index in [0.29, 0.717) is 17.7 Å². The molecule has 4 rings (SSSR count). The van der Waals surface area contributed by atoms with E-state index in [-0.39, 0.29) is 11.9 Å². The first-order valence-electron chi connectivity index (χ1n) is 7.67. The molecule has 1 amide bonds. The van der Waals surface area contributed by atoms with Crippen molar-refractivity contribution in [2.45, 2.75) is 50.7 Å². The Balaban J connectivity index is 1.38. The summed E-state index contributed by atoms with van der Waals surface area (Å²) in [5.41, 5.74) is 0.453. The molecule has 2 aliphatic carbocycles. The number of carbonyl (C=O) groups is 1. The predicted molar refractivity (Wildman–Crippen MR) is 73.3 cm³/mol. The molecule has 1 N–H and O–H groups in total. The molecule has 0 spiro atoms. The van der Waals surface area contributed by atoms with Gasteiger partial charge in [-0.3, -0.25) is 9.69 Å². The molecule has 1 saturated heterocycles. The number of hydrogen-bond acceptors (Lipinski definition) is 4. The predicted octanol–water partition coefficient (Wildman–Crippen LogP) is 0.825. The van der Waals surface area contributed by atoms with E-state index in [4.69, 9.17) is 0 Å². The van der Waals surface area contributed by atoms with Gasteiger partial charge in [0.2, 0.25) is 0 Å². The lowest BCUT2D eigenvalue weighted by atomic mass is 10.1. The summed E-state index contributed by atoms with van der Waals surface area (Å²) in [7, 11) is 0. The second-order valence-corrected chi connectivity index (χ2v) is 6.56. The van der Waals surface area contributed by atoms with Crippen LogP contribution in [-0.4, -0.2) is 51.0 Å². The van der Waals surface area contributed by atoms with E-state index < -0.39 is 0 Å². The highest BCUT2D eigenvalue weighted by Gasteiger charge is 2.39. The van der Waals surface area contributed by atoms with Crippen molar-refractivity contribution in [3.63, 3.8) is 0 Å². The molecule has 2 atom stereocenters. The molecule has 2 heterocycles. The van der Waals surface area contributed by atoms with Gasteiger partial charge in [0, 0.05) is 25.2 Å². The normalized spacial score (nSPS) is 30.6. The van der Waals surface area contributed by atoms with Crippen molar-refractivity contribution in [2.24, 2.45) is 5.92 Å². The van der Waals surface area contributed by atoms with E-state index in [1.807, 2.05) is 4.68 Å². The van der Waals surface area contributed by atoms with Crippen molar-refractivity contribution in [3.05, 3.63) is 11.9 Å². The number of rotatable bonds is 4. The molecule has 3 aliphatic rings. The molecule has 0 bridgehead atoms. The smallest absolute Gasteiger partial charge is 0.273 e. The molecule has 1 aromatic rings. The molecule has 0 unspecified atom stereocenters. The largest absolute Gasteiger partial charge is 0.346 e. The first-order chi connectivity index (χ1) is 9.70. The Kier molecular flexibility index (Phi) is 2.80. The number of likely N-dealkylation sites (tertiary alicyclic amines) is 1. The number of carbonyl (C=O) groups excluding carboxylic acids is 1. The van der Waals surface area contributed by atoms with E-state index in [9.17, 15) is 4.79 Å². The van der Waals surface area contributed by atoms with Crippen molar-refractivity contribution >= 4 is 5.91 Å². The minimum Gasteiger partial charge on any atom is -0.346 e. The van der Waals surface area contributed by atoms with Gasteiger partial charge in [0.15, 0.2) is 5.69 Å². The summed E-state index contributed by atoms with van der Waals surface area (Å²) in [6, 6.07) is 1.49. The fourth-order valence-corrected chi connectivity index (χ4v) is 3.07. The van der Waals surface area contributed by atoms with Crippen molar-refractivity contribution in [1.82, 2.24) is 25.2 Å².